The molecule has 8 aromatic carbocycles. The zero-order valence-electron chi connectivity index (χ0n) is 52.3. The topological polar surface area (TPSA) is 181 Å². The van der Waals surface area contributed by atoms with E-state index >= 15 is 0 Å². The SMILES string of the molecule is Cc1ccc(C2(c3ccc(C)cc3)c3cc4c(cc3-c3cc5cc(-c6nc7sc(/C=C8\C(=O)c9ccccc9C8=C(C#N)C#N)nc7s6)sc5cc32)C(c2ccc(C)cc2)(c2ccc(C)cc2)c2cc(-c3nc5sc(/C=C6\C(=O)c7ccccc7C6=C(C#N)C#N)nc5s3)sc2-4)cc1. The van der Waals surface area contributed by atoms with Gasteiger partial charge in [0.2, 0.25) is 0 Å². The summed E-state index contributed by atoms with van der Waals surface area (Å²) in [7, 11) is 0. The molecule has 0 amide bonds. The van der Waals surface area contributed by atoms with Crippen LogP contribution in [0, 0.1) is 73.0 Å². The Morgan fingerprint density at radius 2 is 0.755 bits per heavy atom. The van der Waals surface area contributed by atoms with Crippen LogP contribution in [0.4, 0.5) is 0 Å². The lowest BCUT2D eigenvalue weighted by atomic mass is 9.65. The van der Waals surface area contributed by atoms with Gasteiger partial charge in [-0.3, -0.25) is 9.59 Å². The second kappa shape index (κ2) is 22.1. The number of rotatable bonds is 8. The average molecular weight is 1370 g/mol. The van der Waals surface area contributed by atoms with Crippen LogP contribution in [0.25, 0.3) is 94.0 Å². The molecular weight excluding hydrogens is 1320 g/mol. The van der Waals surface area contributed by atoms with E-state index in [0.29, 0.717) is 43.4 Å². The van der Waals surface area contributed by atoms with E-state index in [-0.39, 0.29) is 33.9 Å². The normalized spacial score (nSPS) is 15.1. The highest BCUT2D eigenvalue weighted by atomic mass is 32.1. The standard InChI is InChI=1S/C82H44N8O2S6/c1-41-13-21-48(22-14-41)81(49-23-15-42(2)16-24-49)61-32-58-62(31-57(61)56-29-45-30-66(93-65(45)35-63(56)81)75-89-79-77(97-75)87-68(95-79)33-59-70(46(37-83)38-84)52-9-5-7-11-54(52)72(59)91)82(50-25-17-43(3)18-26-50,51-27-19-44(4)20-28-51)64-36-67(94-74(58)64)76-90-80-78(98-76)88-69(96-80)34-60-71(47(39-85)40-86)53-10-6-8-12-55(53)73(60)92/h5-36H,1-4H3/b59-33-,60-34-. The molecule has 0 spiro atoms. The van der Waals surface area contributed by atoms with Crippen molar-refractivity contribution < 1.29 is 9.59 Å². The van der Waals surface area contributed by atoms with Crippen molar-refractivity contribution in [1.82, 2.24) is 19.9 Å². The molecule has 98 heavy (non-hydrogen) atoms. The van der Waals surface area contributed by atoms with Gasteiger partial charge in [-0.15, -0.1) is 22.7 Å². The third kappa shape index (κ3) is 8.60. The number of hydrogen-bond donors (Lipinski definition) is 0. The molecule has 0 saturated heterocycles. The number of thiazole rings is 4. The Kier molecular flexibility index (Phi) is 13.4. The Labute approximate surface area is 585 Å². The molecule has 0 bridgehead atoms. The molecule has 10 nitrogen and oxygen atoms in total. The fourth-order valence-electron chi connectivity index (χ4n) is 15.0. The Bertz CT molecular complexity index is 6060. The summed E-state index contributed by atoms with van der Waals surface area (Å²) in [5.74, 6) is -0.501. The number of ketones is 2. The lowest BCUT2D eigenvalue weighted by Gasteiger charge is -2.35. The van der Waals surface area contributed by atoms with Crippen LogP contribution >= 0.6 is 68.0 Å². The minimum Gasteiger partial charge on any atom is -0.289 e. The number of Topliss-reactive ketones (excluding diaryl/α,β-unsaturated/α-hetero) is 2. The Morgan fingerprint density at radius 3 is 1.19 bits per heavy atom. The van der Waals surface area contributed by atoms with E-state index < -0.39 is 10.8 Å². The van der Waals surface area contributed by atoms with Crippen molar-refractivity contribution in [2.75, 3.05) is 0 Å². The molecule has 6 heterocycles. The molecular formula is C82H44N8O2S6. The van der Waals surface area contributed by atoms with Gasteiger partial charge in [-0.05, 0) is 154 Å². The first-order chi connectivity index (χ1) is 47.8. The quantitative estimate of drug-likeness (QED) is 0.105. The smallest absolute Gasteiger partial charge is 0.194 e. The summed E-state index contributed by atoms with van der Waals surface area (Å²) >= 11 is 9.26. The summed E-state index contributed by atoms with van der Waals surface area (Å²) in [5.41, 5.74) is 18.9. The third-order valence-corrected chi connectivity index (χ3v) is 26.0. The summed E-state index contributed by atoms with van der Waals surface area (Å²) in [6.07, 6.45) is 3.39. The van der Waals surface area contributed by atoms with Gasteiger partial charge in [-0.2, -0.15) is 21.0 Å². The second-order valence-electron chi connectivity index (χ2n) is 25.0. The summed E-state index contributed by atoms with van der Waals surface area (Å²) in [6.45, 7) is 8.56. The molecule has 18 rings (SSSR count). The van der Waals surface area contributed by atoms with Crippen molar-refractivity contribution in [3.63, 3.8) is 0 Å². The number of hydrogen-bond acceptors (Lipinski definition) is 16. The van der Waals surface area contributed by atoms with Gasteiger partial charge >= 0.3 is 0 Å². The van der Waals surface area contributed by atoms with E-state index in [2.05, 4.69) is 161 Å². The Morgan fingerprint density at radius 1 is 0.378 bits per heavy atom. The molecule has 16 heteroatoms. The minimum absolute atomic E-state index is 0.119. The molecule has 0 N–H and O–H groups in total. The minimum atomic E-state index is -0.780. The molecule has 0 saturated carbocycles. The third-order valence-electron chi connectivity index (χ3n) is 19.4. The number of nitriles is 4. The summed E-state index contributed by atoms with van der Waals surface area (Å²) in [4.78, 5) is 54.5. The van der Waals surface area contributed by atoms with Gasteiger partial charge in [-0.1, -0.05) is 213 Å². The van der Waals surface area contributed by atoms with E-state index in [1.54, 1.807) is 83.4 Å². The van der Waals surface area contributed by atoms with Crippen LogP contribution < -0.4 is 0 Å². The number of benzene rings is 8. The highest BCUT2D eigenvalue weighted by Crippen LogP contribution is 2.65. The molecule has 6 aromatic heterocycles. The number of thiophene rings is 2. The summed E-state index contributed by atoms with van der Waals surface area (Å²) < 4.78 is 1.12. The van der Waals surface area contributed by atoms with Crippen LogP contribution in [0.2, 0.25) is 0 Å². The van der Waals surface area contributed by atoms with Gasteiger partial charge < -0.3 is 0 Å². The Balaban J connectivity index is 0.814. The molecule has 460 valence electrons. The first-order valence-electron chi connectivity index (χ1n) is 31.3. The molecule has 0 fully saturated rings. The fourth-order valence-corrected chi connectivity index (χ4v) is 21.4. The largest absolute Gasteiger partial charge is 0.289 e. The number of aryl methyl sites for hydroxylation is 4. The monoisotopic (exact) mass is 1360 g/mol. The molecule has 0 atom stereocenters. The van der Waals surface area contributed by atoms with E-state index in [1.165, 1.54) is 78.7 Å². The van der Waals surface area contributed by atoms with Crippen molar-refractivity contribution >= 4 is 132 Å². The van der Waals surface area contributed by atoms with Crippen molar-refractivity contribution in [2.24, 2.45) is 0 Å². The molecule has 14 aromatic rings. The molecule has 4 aliphatic carbocycles. The van der Waals surface area contributed by atoms with Crippen molar-refractivity contribution in [2.45, 2.75) is 38.5 Å². The highest BCUT2D eigenvalue weighted by molar-refractivity contribution is 7.31. The van der Waals surface area contributed by atoms with Crippen molar-refractivity contribution in [3.05, 3.63) is 303 Å². The maximum absolute atomic E-state index is 13.9. The van der Waals surface area contributed by atoms with Crippen LogP contribution in [0.3, 0.4) is 0 Å². The zero-order valence-corrected chi connectivity index (χ0v) is 57.2. The van der Waals surface area contributed by atoms with Gasteiger partial charge in [0.15, 0.2) is 30.9 Å². The maximum atomic E-state index is 13.9. The van der Waals surface area contributed by atoms with Crippen LogP contribution in [-0.2, 0) is 10.8 Å². The fraction of sp³-hybridized carbons (Fsp3) is 0.0732. The highest BCUT2D eigenvalue weighted by Gasteiger charge is 2.53. The van der Waals surface area contributed by atoms with Gasteiger partial charge in [0.25, 0.3) is 0 Å². The van der Waals surface area contributed by atoms with Gasteiger partial charge in [0, 0.05) is 43.0 Å². The Hall–Kier alpha value is -11.3. The van der Waals surface area contributed by atoms with E-state index in [4.69, 9.17) is 19.9 Å². The van der Waals surface area contributed by atoms with Gasteiger partial charge in [-0.25, -0.2) is 19.9 Å². The molecule has 0 unspecified atom stereocenters. The van der Waals surface area contributed by atoms with E-state index in [9.17, 15) is 30.6 Å². The lowest BCUT2D eigenvalue weighted by molar-refractivity contribution is 0.103. The molecule has 0 aliphatic heterocycles. The summed E-state index contributed by atoms with van der Waals surface area (Å²) in [6, 6.07) is 73.0. The lowest BCUT2D eigenvalue weighted by Crippen LogP contribution is -2.30. The number of aromatic nitrogens is 4. The number of carbonyl (C=O) groups is 2. The van der Waals surface area contributed by atoms with Crippen molar-refractivity contribution in [1.29, 1.82) is 21.0 Å². The summed E-state index contributed by atoms with van der Waals surface area (Å²) in [5, 5.41) is 43.9. The second-order valence-corrected chi connectivity index (χ2v) is 31.1. The first-order valence-corrected chi connectivity index (χ1v) is 36.2. The van der Waals surface area contributed by atoms with Crippen LogP contribution in [0.1, 0.15) is 109 Å². The van der Waals surface area contributed by atoms with Crippen LogP contribution in [0.5, 0.6) is 0 Å². The maximum Gasteiger partial charge on any atom is 0.194 e. The number of allylic oxidation sites excluding steroid dienone is 6. The predicted molar refractivity (Wildman–Crippen MR) is 396 cm³/mol. The van der Waals surface area contributed by atoms with Gasteiger partial charge in [0.05, 0.1) is 20.6 Å². The van der Waals surface area contributed by atoms with Crippen molar-refractivity contribution in [3.8, 4) is 65.6 Å². The average Bonchev–Trinajstić information content (AvgIpc) is 1.50. The van der Waals surface area contributed by atoms with E-state index in [1.807, 2.05) is 24.3 Å². The predicted octanol–water partition coefficient (Wildman–Crippen LogP) is 20.6. The first kappa shape index (κ1) is 59.2. The van der Waals surface area contributed by atoms with Crippen LogP contribution in [0.15, 0.2) is 204 Å². The van der Waals surface area contributed by atoms with Gasteiger partial charge in [0.1, 0.15) is 55.5 Å². The number of nitrogens with zero attached hydrogens (tertiary/aromatic N) is 8. The zero-order chi connectivity index (χ0) is 66.6. The molecule has 4 aliphatic rings. The van der Waals surface area contributed by atoms with E-state index in [0.717, 1.165) is 104 Å². The molecule has 0 radical (unpaired) electrons. The number of fused-ring (bicyclic) bond motifs is 11. The number of carbonyl (C=O) groups excluding carboxylic acids is 2. The van der Waals surface area contributed by atoms with Crippen LogP contribution in [-0.4, -0.2) is 31.5 Å².